The van der Waals surface area contributed by atoms with Gasteiger partial charge < -0.3 is 10.3 Å². The minimum Gasteiger partial charge on any atom is -0.371 e. The van der Waals surface area contributed by atoms with Crippen LogP contribution in [0.25, 0.3) is 11.0 Å². The topological polar surface area (TPSA) is 53.6 Å². The van der Waals surface area contributed by atoms with Gasteiger partial charge in [0.05, 0.1) is 5.52 Å². The first-order valence-electron chi connectivity index (χ1n) is 4.75. The van der Waals surface area contributed by atoms with Crippen molar-refractivity contribution in [3.63, 3.8) is 0 Å². The van der Waals surface area contributed by atoms with Gasteiger partial charge in [-0.1, -0.05) is 13.8 Å². The highest BCUT2D eigenvalue weighted by molar-refractivity contribution is 5.85. The average molecular weight is 190 g/mol. The lowest BCUT2D eigenvalue weighted by molar-refractivity contribution is 0.784. The quantitative estimate of drug-likeness (QED) is 0.762. The van der Waals surface area contributed by atoms with E-state index in [0.717, 1.165) is 22.7 Å². The third-order valence-corrected chi connectivity index (χ3v) is 2.18. The predicted molar refractivity (Wildman–Crippen MR) is 57.5 cm³/mol. The van der Waals surface area contributed by atoms with Crippen molar-refractivity contribution in [2.45, 2.75) is 19.8 Å². The summed E-state index contributed by atoms with van der Waals surface area (Å²) in [6.07, 6.45) is 1.88. The molecule has 0 saturated heterocycles. The van der Waals surface area contributed by atoms with Crippen LogP contribution in [0.3, 0.4) is 0 Å². The van der Waals surface area contributed by atoms with Gasteiger partial charge in [-0.05, 0) is 6.07 Å². The molecule has 2 rings (SSSR count). The van der Waals surface area contributed by atoms with Gasteiger partial charge >= 0.3 is 0 Å². The molecule has 0 aliphatic rings. The first-order chi connectivity index (χ1) is 6.72. The number of anilines is 1. The Bertz CT molecular complexity index is 444. The summed E-state index contributed by atoms with van der Waals surface area (Å²) in [6, 6.07) is 1.96. The number of nitrogens with one attached hydrogen (secondary N) is 2. The largest absolute Gasteiger partial charge is 0.371 e. The fourth-order valence-corrected chi connectivity index (χ4v) is 1.40. The van der Waals surface area contributed by atoms with Crippen molar-refractivity contribution in [1.29, 1.82) is 0 Å². The molecule has 2 N–H and O–H groups in total. The first kappa shape index (κ1) is 8.99. The first-order valence-corrected chi connectivity index (χ1v) is 4.75. The Hall–Kier alpha value is -1.58. The van der Waals surface area contributed by atoms with E-state index in [1.165, 1.54) is 0 Å². The van der Waals surface area contributed by atoms with Gasteiger partial charge in [0.25, 0.3) is 0 Å². The van der Waals surface area contributed by atoms with Crippen LogP contribution in [0.1, 0.15) is 25.6 Å². The van der Waals surface area contributed by atoms with Crippen LogP contribution in [0.15, 0.2) is 12.3 Å². The normalized spacial score (nSPS) is 11.1. The van der Waals surface area contributed by atoms with Crippen LogP contribution in [0, 0.1) is 0 Å². The zero-order valence-electron chi connectivity index (χ0n) is 8.63. The molecule has 2 aromatic rings. The molecule has 2 aromatic heterocycles. The van der Waals surface area contributed by atoms with Crippen molar-refractivity contribution < 1.29 is 0 Å². The van der Waals surface area contributed by atoms with Crippen LogP contribution < -0.4 is 5.32 Å². The summed E-state index contributed by atoms with van der Waals surface area (Å²) in [5, 5.41) is 3.07. The Morgan fingerprint density at radius 3 is 2.79 bits per heavy atom. The number of hydrogen-bond donors (Lipinski definition) is 2. The highest BCUT2D eigenvalue weighted by atomic mass is 15.0. The molecule has 0 unspecified atom stereocenters. The monoisotopic (exact) mass is 190 g/mol. The average Bonchev–Trinajstić information content (AvgIpc) is 2.63. The maximum atomic E-state index is 4.46. The molecule has 0 bridgehead atoms. The molecule has 0 saturated carbocycles. The molecule has 0 amide bonds. The molecule has 14 heavy (non-hydrogen) atoms. The summed E-state index contributed by atoms with van der Waals surface area (Å²) in [5.74, 6) is 2.09. The van der Waals surface area contributed by atoms with Gasteiger partial charge in [0, 0.05) is 19.2 Å². The molecule has 4 nitrogen and oxygen atoms in total. The van der Waals surface area contributed by atoms with E-state index in [2.05, 4.69) is 34.1 Å². The van der Waals surface area contributed by atoms with Crippen LogP contribution in [0.4, 0.5) is 5.82 Å². The van der Waals surface area contributed by atoms with Crippen LogP contribution in [0.5, 0.6) is 0 Å². The molecule has 0 radical (unpaired) electrons. The van der Waals surface area contributed by atoms with Gasteiger partial charge in [-0.3, -0.25) is 0 Å². The van der Waals surface area contributed by atoms with Crippen molar-refractivity contribution in [1.82, 2.24) is 15.0 Å². The molecule has 2 heterocycles. The standard InChI is InChI=1S/C10H14N4/c1-6(2)9-13-7-4-5-12-8(7)10(11-3)14-9/h4-6,12H,1-3H3,(H,11,13,14). The summed E-state index contributed by atoms with van der Waals surface area (Å²) < 4.78 is 0. The predicted octanol–water partition coefficient (Wildman–Crippen LogP) is 2.12. The lowest BCUT2D eigenvalue weighted by Crippen LogP contribution is -2.02. The fourth-order valence-electron chi connectivity index (χ4n) is 1.40. The molecule has 0 spiro atoms. The molecular weight excluding hydrogens is 176 g/mol. The maximum absolute atomic E-state index is 4.46. The van der Waals surface area contributed by atoms with E-state index in [1.54, 1.807) is 0 Å². The molecule has 0 fully saturated rings. The lowest BCUT2D eigenvalue weighted by Gasteiger charge is -2.07. The second kappa shape index (κ2) is 3.29. The lowest BCUT2D eigenvalue weighted by atomic mass is 10.2. The Labute approximate surface area is 82.8 Å². The van der Waals surface area contributed by atoms with Gasteiger partial charge in [-0.25, -0.2) is 9.97 Å². The van der Waals surface area contributed by atoms with E-state index in [1.807, 2.05) is 19.3 Å². The highest BCUT2D eigenvalue weighted by Gasteiger charge is 2.09. The SMILES string of the molecule is CNc1nc(C(C)C)nc2cc[nH]c12. The van der Waals surface area contributed by atoms with E-state index in [9.17, 15) is 0 Å². The van der Waals surface area contributed by atoms with Gasteiger partial charge in [0.1, 0.15) is 11.3 Å². The van der Waals surface area contributed by atoms with E-state index in [-0.39, 0.29) is 0 Å². The van der Waals surface area contributed by atoms with Crippen LogP contribution in [-0.4, -0.2) is 22.0 Å². The summed E-state index contributed by atoms with van der Waals surface area (Å²) in [7, 11) is 1.87. The molecule has 0 aromatic carbocycles. The van der Waals surface area contributed by atoms with E-state index >= 15 is 0 Å². The van der Waals surface area contributed by atoms with Gasteiger partial charge in [0.2, 0.25) is 0 Å². The Kier molecular flexibility index (Phi) is 2.11. The maximum Gasteiger partial charge on any atom is 0.153 e. The summed E-state index contributed by atoms with van der Waals surface area (Å²) in [5.41, 5.74) is 1.94. The van der Waals surface area contributed by atoms with Crippen molar-refractivity contribution in [2.24, 2.45) is 0 Å². The molecule has 0 atom stereocenters. The third-order valence-electron chi connectivity index (χ3n) is 2.18. The van der Waals surface area contributed by atoms with Crippen molar-refractivity contribution in [2.75, 3.05) is 12.4 Å². The number of aromatic nitrogens is 3. The molecule has 74 valence electrons. The van der Waals surface area contributed by atoms with E-state index in [0.29, 0.717) is 5.92 Å². The Balaban J connectivity index is 2.67. The van der Waals surface area contributed by atoms with Gasteiger partial charge in [-0.15, -0.1) is 0 Å². The summed E-state index contributed by atoms with van der Waals surface area (Å²) in [6.45, 7) is 4.18. The second-order valence-electron chi connectivity index (χ2n) is 3.57. The number of aromatic amines is 1. The molecule has 0 aliphatic heterocycles. The summed E-state index contributed by atoms with van der Waals surface area (Å²) in [4.78, 5) is 12.0. The number of hydrogen-bond acceptors (Lipinski definition) is 3. The smallest absolute Gasteiger partial charge is 0.153 e. The van der Waals surface area contributed by atoms with Crippen molar-refractivity contribution in [3.05, 3.63) is 18.1 Å². The molecule has 0 aliphatic carbocycles. The third kappa shape index (κ3) is 1.32. The summed E-state index contributed by atoms with van der Waals surface area (Å²) >= 11 is 0. The van der Waals surface area contributed by atoms with Crippen LogP contribution in [-0.2, 0) is 0 Å². The van der Waals surface area contributed by atoms with Crippen molar-refractivity contribution in [3.8, 4) is 0 Å². The molecule has 4 heteroatoms. The Morgan fingerprint density at radius 1 is 1.36 bits per heavy atom. The minimum absolute atomic E-state index is 0.349. The number of fused-ring (bicyclic) bond motifs is 1. The number of nitrogens with zero attached hydrogens (tertiary/aromatic N) is 2. The molecular formula is C10H14N4. The zero-order valence-corrected chi connectivity index (χ0v) is 8.63. The van der Waals surface area contributed by atoms with Gasteiger partial charge in [0.15, 0.2) is 5.82 Å². The van der Waals surface area contributed by atoms with Crippen LogP contribution in [0.2, 0.25) is 0 Å². The Morgan fingerprint density at radius 2 is 2.14 bits per heavy atom. The number of H-pyrrole nitrogens is 1. The van der Waals surface area contributed by atoms with Gasteiger partial charge in [-0.2, -0.15) is 0 Å². The minimum atomic E-state index is 0.349. The van der Waals surface area contributed by atoms with Crippen LogP contribution >= 0.6 is 0 Å². The van der Waals surface area contributed by atoms with E-state index in [4.69, 9.17) is 0 Å². The number of rotatable bonds is 2. The zero-order chi connectivity index (χ0) is 10.1. The fraction of sp³-hybridized carbons (Fsp3) is 0.400. The van der Waals surface area contributed by atoms with Crippen molar-refractivity contribution >= 4 is 16.9 Å². The highest BCUT2D eigenvalue weighted by Crippen LogP contribution is 2.20. The van der Waals surface area contributed by atoms with E-state index < -0.39 is 0 Å². The second-order valence-corrected chi connectivity index (χ2v) is 3.57.